The van der Waals surface area contributed by atoms with Gasteiger partial charge in [0, 0.05) is 0 Å². The van der Waals surface area contributed by atoms with Gasteiger partial charge in [0.05, 0.1) is 6.61 Å². The molecule has 11 heteroatoms. The van der Waals surface area contributed by atoms with Crippen molar-refractivity contribution in [1.82, 2.24) is 0 Å². The Kier molecular flexibility index (Phi) is 11.4. The highest BCUT2D eigenvalue weighted by molar-refractivity contribution is 9.35. The van der Waals surface area contributed by atoms with Crippen molar-refractivity contribution in [1.29, 1.82) is 0 Å². The molecule has 0 aliphatic rings. The number of unbranched alkanes of at least 4 members (excludes halogenated alkanes) is 1. The highest BCUT2D eigenvalue weighted by atomic mass is 79.9. The van der Waals surface area contributed by atoms with Gasteiger partial charge < -0.3 is 5.11 Å². The monoisotopic (exact) mass is 937 g/mol. The molecule has 0 heterocycles. The van der Waals surface area contributed by atoms with E-state index in [1.807, 2.05) is 0 Å². The van der Waals surface area contributed by atoms with Crippen molar-refractivity contribution >= 4 is 159 Å². The van der Waals surface area contributed by atoms with Crippen LogP contribution in [0, 0.1) is 0 Å². The maximum atomic E-state index is 9.65. The second-order valence-corrected chi connectivity index (χ2v) is 22.3. The molecule has 0 bridgehead atoms. The first-order chi connectivity index (χ1) is 9.12. The van der Waals surface area contributed by atoms with Gasteiger partial charge in [0.2, 0.25) is 0 Å². The zero-order chi connectivity index (χ0) is 17.3. The molecule has 0 amide bonds. The fourth-order valence-electron chi connectivity index (χ4n) is 1.31. The summed E-state index contributed by atoms with van der Waals surface area (Å²) >= 11 is 36.8. The third kappa shape index (κ3) is 5.39. The van der Waals surface area contributed by atoms with Crippen molar-refractivity contribution in [3.05, 3.63) is 0 Å². The average Bonchev–Trinajstić information content (AvgIpc) is 2.35. The van der Waals surface area contributed by atoms with Crippen molar-refractivity contribution in [2.45, 2.75) is 42.4 Å². The van der Waals surface area contributed by atoms with Gasteiger partial charge in [0.25, 0.3) is 0 Å². The molecule has 0 aromatic rings. The molecule has 0 spiro atoms. The first-order valence-corrected chi connectivity index (χ1v) is 13.6. The van der Waals surface area contributed by atoms with Crippen molar-refractivity contribution in [3.8, 4) is 0 Å². The van der Waals surface area contributed by atoms with Crippen LogP contribution in [0.3, 0.4) is 0 Å². The van der Waals surface area contributed by atoms with Crippen LogP contribution in [-0.4, -0.2) is 27.9 Å². The summed E-state index contributed by atoms with van der Waals surface area (Å²) in [5.41, 5.74) is 0. The lowest BCUT2D eigenvalue weighted by Crippen LogP contribution is -2.61. The predicted octanol–water partition coefficient (Wildman–Crippen LogP) is 8.60. The van der Waals surface area contributed by atoms with Crippen molar-refractivity contribution < 1.29 is 5.11 Å². The Balaban J connectivity index is 5.76. The molecule has 1 N–H and O–H groups in total. The summed E-state index contributed by atoms with van der Waals surface area (Å²) in [6, 6.07) is 0. The summed E-state index contributed by atoms with van der Waals surface area (Å²) in [6.45, 7) is 1.98. The third-order valence-electron chi connectivity index (χ3n) is 2.75. The lowest BCUT2D eigenvalue weighted by atomic mass is 10.1. The number of aliphatic hydroxyl groups is 1. The number of hydrogen-bond donors (Lipinski definition) is 1. The summed E-state index contributed by atoms with van der Waals surface area (Å²) in [5, 5.41) is 9.65. The molecule has 0 saturated carbocycles. The van der Waals surface area contributed by atoms with E-state index in [9.17, 15) is 5.11 Å². The zero-order valence-electron chi connectivity index (χ0n) is 10.6. The molecule has 0 unspecified atom stereocenters. The summed E-state index contributed by atoms with van der Waals surface area (Å²) in [5.74, 6) is 0. The fourth-order valence-corrected chi connectivity index (χ4v) is 9.44. The van der Waals surface area contributed by atoms with Crippen LogP contribution in [0.1, 0.15) is 26.2 Å². The Bertz CT molecular complexity index is 352. The molecular formula is C10H12Br10O. The molecule has 0 aromatic carbocycles. The number of alkyl halides is 10. The molecule has 0 atom stereocenters. The molecule has 21 heavy (non-hydrogen) atoms. The smallest absolute Gasteiger partial charge is 0.135 e. The summed E-state index contributed by atoms with van der Waals surface area (Å²) < 4.78 is -3.62. The molecule has 0 fully saturated rings. The molecule has 0 aromatic heterocycles. The normalized spacial score (nSPS) is 15.4. The summed E-state index contributed by atoms with van der Waals surface area (Å²) in [7, 11) is 0. The Hall–Kier alpha value is 4.76. The topological polar surface area (TPSA) is 20.2 Å². The Labute approximate surface area is 209 Å². The fraction of sp³-hybridized carbons (Fsp3) is 1.00. The van der Waals surface area contributed by atoms with Gasteiger partial charge in [-0.25, -0.2) is 0 Å². The lowest BCUT2D eigenvalue weighted by Gasteiger charge is -2.52. The number of halogens is 10. The van der Waals surface area contributed by atoms with Gasteiger partial charge >= 0.3 is 0 Å². The van der Waals surface area contributed by atoms with Gasteiger partial charge in [-0.15, -0.1) is 0 Å². The van der Waals surface area contributed by atoms with E-state index < -0.39 is 16.2 Å². The second kappa shape index (κ2) is 9.30. The van der Waals surface area contributed by atoms with Crippen LogP contribution >= 0.6 is 159 Å². The summed E-state index contributed by atoms with van der Waals surface area (Å²) in [6.07, 6.45) is 2.99. The molecule has 1 nitrogen and oxygen atoms in total. The Morgan fingerprint density at radius 3 is 1.38 bits per heavy atom. The average molecular weight is 947 g/mol. The van der Waals surface area contributed by atoms with E-state index in [1.54, 1.807) is 0 Å². The maximum absolute atomic E-state index is 9.65. The molecule has 0 aliphatic carbocycles. The van der Waals surface area contributed by atoms with Gasteiger partial charge in [-0.05, 0) is 6.42 Å². The van der Waals surface area contributed by atoms with E-state index in [2.05, 4.69) is 166 Å². The van der Waals surface area contributed by atoms with Crippen LogP contribution < -0.4 is 0 Å². The van der Waals surface area contributed by atoms with Crippen molar-refractivity contribution in [2.75, 3.05) is 6.61 Å². The van der Waals surface area contributed by atoms with Gasteiger partial charge in [0.15, 0.2) is 0 Å². The number of hydrogen-bond acceptors (Lipinski definition) is 1. The minimum Gasteiger partial charge on any atom is -0.394 e. The van der Waals surface area contributed by atoms with Gasteiger partial charge in [-0.2, -0.15) is 0 Å². The predicted molar refractivity (Wildman–Crippen MR) is 130 cm³/mol. The van der Waals surface area contributed by atoms with Gasteiger partial charge in [0.1, 0.15) is 16.2 Å². The van der Waals surface area contributed by atoms with Crippen molar-refractivity contribution in [3.63, 3.8) is 0 Å². The zero-order valence-corrected chi connectivity index (χ0v) is 26.4. The standard InChI is InChI=1S/C10H12Br10O/c1-2-3-4-6(11,12)8(15,16)10(19,20)9(17,18)7(13,14)5-21/h21H,2-5H2,1H3. The van der Waals surface area contributed by atoms with E-state index in [-0.39, 0.29) is 6.61 Å². The van der Waals surface area contributed by atoms with Crippen LogP contribution in [0.4, 0.5) is 0 Å². The van der Waals surface area contributed by atoms with Crippen LogP contribution in [0.5, 0.6) is 0 Å². The van der Waals surface area contributed by atoms with E-state index in [0.29, 0.717) is 0 Å². The first-order valence-electron chi connectivity index (χ1n) is 5.62. The van der Waals surface area contributed by atoms with Gasteiger partial charge in [-0.3, -0.25) is 0 Å². The minimum absolute atomic E-state index is 0.162. The van der Waals surface area contributed by atoms with E-state index in [0.717, 1.165) is 19.3 Å². The summed E-state index contributed by atoms with van der Waals surface area (Å²) in [4.78, 5) is 0. The van der Waals surface area contributed by atoms with E-state index >= 15 is 0 Å². The van der Waals surface area contributed by atoms with Crippen LogP contribution in [0.2, 0.25) is 0 Å². The molecule has 0 radical (unpaired) electrons. The van der Waals surface area contributed by atoms with Gasteiger partial charge in [-0.1, -0.05) is 179 Å². The Morgan fingerprint density at radius 2 is 1.05 bits per heavy atom. The first kappa shape index (κ1) is 25.8. The number of aliphatic hydroxyl groups excluding tert-OH is 1. The molecular weight excluding hydrogens is 935 g/mol. The largest absolute Gasteiger partial charge is 0.394 e. The Morgan fingerprint density at radius 1 is 0.667 bits per heavy atom. The van der Waals surface area contributed by atoms with Crippen LogP contribution in [-0.2, 0) is 0 Å². The highest BCUT2D eigenvalue weighted by Gasteiger charge is 2.69. The molecule has 0 aliphatic heterocycles. The van der Waals surface area contributed by atoms with Crippen LogP contribution in [0.25, 0.3) is 0 Å². The maximum Gasteiger partial charge on any atom is 0.135 e. The lowest BCUT2D eigenvalue weighted by molar-refractivity contribution is 0.282. The molecule has 0 rings (SSSR count). The van der Waals surface area contributed by atoms with E-state index in [1.165, 1.54) is 0 Å². The second-order valence-electron chi connectivity index (χ2n) is 4.39. The van der Waals surface area contributed by atoms with E-state index in [4.69, 9.17) is 0 Å². The third-order valence-corrected chi connectivity index (χ3v) is 22.4. The SMILES string of the molecule is CCCCC(Br)(Br)C(Br)(Br)C(Br)(Br)C(Br)(Br)C(Br)(Br)CO. The van der Waals surface area contributed by atoms with Crippen LogP contribution in [0.15, 0.2) is 0 Å². The highest BCUT2D eigenvalue weighted by Crippen LogP contribution is 2.71. The molecule has 0 saturated heterocycles. The molecule has 128 valence electrons. The quantitative estimate of drug-likeness (QED) is 0.242. The van der Waals surface area contributed by atoms with Crippen molar-refractivity contribution in [2.24, 2.45) is 0 Å². The minimum atomic E-state index is -0.840. The number of rotatable bonds is 8.